The zero-order chi connectivity index (χ0) is 15.3. The van der Waals surface area contributed by atoms with E-state index < -0.39 is 6.04 Å². The zero-order valence-electron chi connectivity index (χ0n) is 13.1. The molecule has 0 aromatic heterocycles. The number of nitrogens with one attached hydrogen (secondary N) is 1. The lowest BCUT2D eigenvalue weighted by molar-refractivity contribution is -0.125. The largest absolute Gasteiger partial charge is 0.494 e. The predicted octanol–water partition coefficient (Wildman–Crippen LogP) is 2.64. The predicted molar refractivity (Wildman–Crippen MR) is 81.6 cm³/mol. The van der Waals surface area contributed by atoms with Crippen LogP contribution >= 0.6 is 0 Å². The normalized spacial score (nSPS) is 14.5. The molecule has 2 atom stereocenters. The van der Waals surface area contributed by atoms with Gasteiger partial charge in [0.25, 0.3) is 0 Å². The first-order valence-corrected chi connectivity index (χ1v) is 7.04. The highest BCUT2D eigenvalue weighted by atomic mass is 16.5. The highest BCUT2D eigenvalue weighted by Gasteiger charge is 2.28. The summed E-state index contributed by atoms with van der Waals surface area (Å²) in [6, 6.07) is 7.13. The number of hydrogen-bond donors (Lipinski definition) is 2. The Bertz CT molecular complexity index is 435. The van der Waals surface area contributed by atoms with Crippen molar-refractivity contribution in [3.8, 4) is 5.75 Å². The number of amides is 1. The van der Waals surface area contributed by atoms with Crippen molar-refractivity contribution in [2.24, 2.45) is 11.1 Å². The number of rotatable bonds is 5. The first-order valence-electron chi connectivity index (χ1n) is 7.04. The molecular formula is C16H26N2O2. The molecule has 1 amide bonds. The molecule has 0 fully saturated rings. The molecular weight excluding hydrogens is 252 g/mol. The Hall–Kier alpha value is -1.55. The molecule has 3 N–H and O–H groups in total. The average Bonchev–Trinajstić information content (AvgIpc) is 2.37. The Morgan fingerprint density at radius 1 is 1.30 bits per heavy atom. The van der Waals surface area contributed by atoms with Crippen LogP contribution < -0.4 is 15.8 Å². The van der Waals surface area contributed by atoms with Crippen molar-refractivity contribution in [3.63, 3.8) is 0 Å². The first kappa shape index (κ1) is 16.5. The second-order valence-electron chi connectivity index (χ2n) is 6.08. The average molecular weight is 278 g/mol. The second kappa shape index (κ2) is 6.75. The van der Waals surface area contributed by atoms with Crippen LogP contribution in [0.4, 0.5) is 0 Å². The van der Waals surface area contributed by atoms with E-state index in [2.05, 4.69) is 5.32 Å². The van der Waals surface area contributed by atoms with Gasteiger partial charge >= 0.3 is 0 Å². The van der Waals surface area contributed by atoms with Gasteiger partial charge in [0.15, 0.2) is 0 Å². The SMILES string of the molecule is CCOc1ccc(C(C)NC(=O)C(N)C(C)(C)C)cc1. The lowest BCUT2D eigenvalue weighted by atomic mass is 9.86. The van der Waals surface area contributed by atoms with Crippen molar-refractivity contribution in [3.05, 3.63) is 29.8 Å². The minimum absolute atomic E-state index is 0.0772. The molecule has 1 aromatic carbocycles. The second-order valence-corrected chi connectivity index (χ2v) is 6.08. The summed E-state index contributed by atoms with van der Waals surface area (Å²) in [7, 11) is 0. The monoisotopic (exact) mass is 278 g/mol. The van der Waals surface area contributed by atoms with Gasteiger partial charge in [-0.25, -0.2) is 0 Å². The Kier molecular flexibility index (Phi) is 5.57. The molecule has 4 heteroatoms. The fourth-order valence-electron chi connectivity index (χ4n) is 1.80. The zero-order valence-corrected chi connectivity index (χ0v) is 13.1. The minimum atomic E-state index is -0.521. The number of benzene rings is 1. The fraction of sp³-hybridized carbons (Fsp3) is 0.562. The van der Waals surface area contributed by atoms with Crippen LogP contribution in [-0.4, -0.2) is 18.6 Å². The molecule has 0 radical (unpaired) electrons. The summed E-state index contributed by atoms with van der Waals surface area (Å²) < 4.78 is 5.40. The van der Waals surface area contributed by atoms with E-state index in [1.165, 1.54) is 0 Å². The molecule has 1 aromatic rings. The van der Waals surface area contributed by atoms with Crippen molar-refractivity contribution < 1.29 is 9.53 Å². The Labute approximate surface area is 121 Å². The number of carbonyl (C=O) groups excluding carboxylic acids is 1. The van der Waals surface area contributed by atoms with Gasteiger partial charge in [0.1, 0.15) is 5.75 Å². The maximum atomic E-state index is 12.1. The van der Waals surface area contributed by atoms with Gasteiger partial charge in [0.05, 0.1) is 18.7 Å². The molecule has 20 heavy (non-hydrogen) atoms. The lowest BCUT2D eigenvalue weighted by Gasteiger charge is -2.27. The van der Waals surface area contributed by atoms with Crippen LogP contribution in [-0.2, 0) is 4.79 Å². The van der Waals surface area contributed by atoms with Crippen LogP contribution in [0.15, 0.2) is 24.3 Å². The van der Waals surface area contributed by atoms with Crippen molar-refractivity contribution in [1.82, 2.24) is 5.32 Å². The molecule has 0 heterocycles. The van der Waals surface area contributed by atoms with E-state index in [1.807, 2.05) is 58.9 Å². The summed E-state index contributed by atoms with van der Waals surface area (Å²) in [6.45, 7) is 10.4. The van der Waals surface area contributed by atoms with E-state index in [4.69, 9.17) is 10.5 Å². The van der Waals surface area contributed by atoms with Gasteiger partial charge in [-0.15, -0.1) is 0 Å². The van der Waals surface area contributed by atoms with Gasteiger partial charge < -0.3 is 15.8 Å². The molecule has 4 nitrogen and oxygen atoms in total. The Morgan fingerprint density at radius 3 is 2.30 bits per heavy atom. The third kappa shape index (κ3) is 4.53. The fourth-order valence-corrected chi connectivity index (χ4v) is 1.80. The Morgan fingerprint density at radius 2 is 1.85 bits per heavy atom. The molecule has 112 valence electrons. The van der Waals surface area contributed by atoms with Crippen LogP contribution in [0.1, 0.15) is 46.2 Å². The summed E-state index contributed by atoms with van der Waals surface area (Å²) in [4.78, 5) is 12.1. The topological polar surface area (TPSA) is 64.3 Å². The van der Waals surface area contributed by atoms with E-state index in [-0.39, 0.29) is 17.4 Å². The van der Waals surface area contributed by atoms with Gasteiger partial charge in [0.2, 0.25) is 5.91 Å². The van der Waals surface area contributed by atoms with Crippen molar-refractivity contribution in [2.45, 2.75) is 46.7 Å². The van der Waals surface area contributed by atoms with Crippen molar-refractivity contribution >= 4 is 5.91 Å². The van der Waals surface area contributed by atoms with Crippen LogP contribution in [0.5, 0.6) is 5.75 Å². The van der Waals surface area contributed by atoms with E-state index in [0.29, 0.717) is 6.61 Å². The van der Waals surface area contributed by atoms with Gasteiger partial charge in [-0.3, -0.25) is 4.79 Å². The molecule has 0 aliphatic heterocycles. The van der Waals surface area contributed by atoms with Crippen LogP contribution in [0.2, 0.25) is 0 Å². The standard InChI is InChI=1S/C16H26N2O2/c1-6-20-13-9-7-12(8-10-13)11(2)18-15(19)14(17)16(3,4)5/h7-11,14H,6,17H2,1-5H3,(H,18,19). The minimum Gasteiger partial charge on any atom is -0.494 e. The van der Waals surface area contributed by atoms with Gasteiger partial charge in [-0.2, -0.15) is 0 Å². The van der Waals surface area contributed by atoms with Crippen LogP contribution in [0, 0.1) is 5.41 Å². The molecule has 1 rings (SSSR count). The van der Waals surface area contributed by atoms with E-state index in [0.717, 1.165) is 11.3 Å². The van der Waals surface area contributed by atoms with E-state index in [1.54, 1.807) is 0 Å². The summed E-state index contributed by atoms with van der Waals surface area (Å²) >= 11 is 0. The number of ether oxygens (including phenoxy) is 1. The summed E-state index contributed by atoms with van der Waals surface area (Å²) in [5, 5.41) is 2.95. The number of nitrogens with two attached hydrogens (primary N) is 1. The van der Waals surface area contributed by atoms with Crippen LogP contribution in [0.3, 0.4) is 0 Å². The molecule has 2 unspecified atom stereocenters. The summed E-state index contributed by atoms with van der Waals surface area (Å²) in [5.74, 6) is 0.708. The van der Waals surface area contributed by atoms with Crippen molar-refractivity contribution in [1.29, 1.82) is 0 Å². The third-order valence-electron chi connectivity index (χ3n) is 3.27. The van der Waals surface area contributed by atoms with E-state index >= 15 is 0 Å². The van der Waals surface area contributed by atoms with Crippen LogP contribution in [0.25, 0.3) is 0 Å². The summed E-state index contributed by atoms with van der Waals surface area (Å²) in [6.07, 6.45) is 0. The lowest BCUT2D eigenvalue weighted by Crippen LogP contribution is -2.49. The van der Waals surface area contributed by atoms with Gasteiger partial charge in [-0.05, 0) is 37.0 Å². The molecule has 0 aliphatic carbocycles. The molecule has 0 bridgehead atoms. The van der Waals surface area contributed by atoms with E-state index in [9.17, 15) is 4.79 Å². The maximum absolute atomic E-state index is 12.1. The molecule has 0 spiro atoms. The molecule has 0 saturated carbocycles. The molecule has 0 saturated heterocycles. The Balaban J connectivity index is 2.66. The van der Waals surface area contributed by atoms with Gasteiger partial charge in [0, 0.05) is 0 Å². The van der Waals surface area contributed by atoms with Crippen molar-refractivity contribution in [2.75, 3.05) is 6.61 Å². The summed E-state index contributed by atoms with van der Waals surface area (Å²) in [5.41, 5.74) is 6.74. The number of hydrogen-bond acceptors (Lipinski definition) is 3. The first-order chi connectivity index (χ1) is 9.25. The number of carbonyl (C=O) groups is 1. The maximum Gasteiger partial charge on any atom is 0.237 e. The smallest absolute Gasteiger partial charge is 0.237 e. The highest BCUT2D eigenvalue weighted by Crippen LogP contribution is 2.20. The quantitative estimate of drug-likeness (QED) is 0.870. The third-order valence-corrected chi connectivity index (χ3v) is 3.27. The van der Waals surface area contributed by atoms with Gasteiger partial charge in [-0.1, -0.05) is 32.9 Å². The molecule has 0 aliphatic rings. The highest BCUT2D eigenvalue weighted by molar-refractivity contribution is 5.82.